The number of amides is 1. The predicted octanol–water partition coefficient (Wildman–Crippen LogP) is 2.34. The van der Waals surface area contributed by atoms with Crippen LogP contribution in [0.15, 0.2) is 36.4 Å². The number of carboxylic acid groups (broad SMARTS) is 1. The molecule has 1 atom stereocenters. The number of benzene rings is 2. The number of hydrogen-bond donors (Lipinski definition) is 2. The fraction of sp³-hybridized carbons (Fsp3) is 0.250. The molecule has 1 amide bonds. The molecule has 0 aromatic heterocycles. The van der Waals surface area contributed by atoms with Gasteiger partial charge in [0.2, 0.25) is 0 Å². The van der Waals surface area contributed by atoms with Gasteiger partial charge in [0.05, 0.1) is 11.5 Å². The van der Waals surface area contributed by atoms with Crippen LogP contribution in [0.2, 0.25) is 0 Å². The lowest BCUT2D eigenvalue weighted by molar-refractivity contribution is -0.141. The van der Waals surface area contributed by atoms with Gasteiger partial charge >= 0.3 is 5.97 Å². The number of phenols is 1. The van der Waals surface area contributed by atoms with Crippen molar-refractivity contribution in [2.24, 2.45) is 5.92 Å². The van der Waals surface area contributed by atoms with E-state index in [-0.39, 0.29) is 17.9 Å². The third-order valence-corrected chi connectivity index (χ3v) is 3.45. The largest absolute Gasteiger partial charge is 0.506 e. The van der Waals surface area contributed by atoms with Crippen LogP contribution in [0.5, 0.6) is 5.75 Å². The van der Waals surface area contributed by atoms with Crippen LogP contribution in [-0.2, 0) is 4.79 Å². The van der Waals surface area contributed by atoms with E-state index in [1.807, 2.05) is 12.1 Å². The number of aliphatic carboxylic acids is 1. The second kappa shape index (κ2) is 5.83. The Labute approximate surface area is 122 Å². The SMILES string of the molecule is CC(CN(C)C(=O)c1ccc2ccccc2c1O)C(=O)O. The number of carboxylic acids is 1. The molecule has 5 heteroatoms. The van der Waals surface area contributed by atoms with E-state index in [4.69, 9.17) is 5.11 Å². The van der Waals surface area contributed by atoms with Gasteiger partial charge in [0.15, 0.2) is 0 Å². The number of hydrogen-bond acceptors (Lipinski definition) is 3. The van der Waals surface area contributed by atoms with Crippen molar-refractivity contribution in [3.05, 3.63) is 42.0 Å². The molecule has 0 fully saturated rings. The lowest BCUT2D eigenvalue weighted by Gasteiger charge is -2.20. The summed E-state index contributed by atoms with van der Waals surface area (Å²) in [5.41, 5.74) is 0.175. The third-order valence-electron chi connectivity index (χ3n) is 3.45. The minimum Gasteiger partial charge on any atom is -0.506 e. The standard InChI is InChI=1S/C16H17NO4/c1-10(16(20)21)9-17(2)15(19)13-8-7-11-5-3-4-6-12(11)14(13)18/h3-8,10,18H,9H2,1-2H3,(H,20,21). The first kappa shape index (κ1) is 14.8. The molecule has 0 spiro atoms. The van der Waals surface area contributed by atoms with E-state index >= 15 is 0 Å². The van der Waals surface area contributed by atoms with Gasteiger partial charge in [-0.2, -0.15) is 0 Å². The summed E-state index contributed by atoms with van der Waals surface area (Å²) in [4.78, 5) is 24.5. The molecule has 110 valence electrons. The summed E-state index contributed by atoms with van der Waals surface area (Å²) < 4.78 is 0. The summed E-state index contributed by atoms with van der Waals surface area (Å²) in [6, 6.07) is 10.5. The molecule has 1 unspecified atom stereocenters. The van der Waals surface area contributed by atoms with Crippen molar-refractivity contribution in [2.45, 2.75) is 6.92 Å². The lowest BCUT2D eigenvalue weighted by atomic mass is 10.0. The van der Waals surface area contributed by atoms with Gasteiger partial charge < -0.3 is 15.1 Å². The molecule has 2 rings (SSSR count). The van der Waals surface area contributed by atoms with Crippen molar-refractivity contribution in [3.63, 3.8) is 0 Å². The maximum absolute atomic E-state index is 12.3. The predicted molar refractivity (Wildman–Crippen MR) is 79.4 cm³/mol. The summed E-state index contributed by atoms with van der Waals surface area (Å²) in [5.74, 6) is -2.10. The zero-order valence-corrected chi connectivity index (χ0v) is 11.9. The number of carbonyl (C=O) groups excluding carboxylic acids is 1. The fourth-order valence-corrected chi connectivity index (χ4v) is 2.21. The van der Waals surface area contributed by atoms with Crippen LogP contribution in [-0.4, -0.2) is 40.6 Å². The molecule has 0 bridgehead atoms. The highest BCUT2D eigenvalue weighted by atomic mass is 16.4. The van der Waals surface area contributed by atoms with Gasteiger partial charge in [-0.05, 0) is 11.5 Å². The fourth-order valence-electron chi connectivity index (χ4n) is 2.21. The quantitative estimate of drug-likeness (QED) is 0.904. The molecule has 0 saturated heterocycles. The Morgan fingerprint density at radius 1 is 1.19 bits per heavy atom. The molecule has 2 aromatic carbocycles. The number of rotatable bonds is 4. The van der Waals surface area contributed by atoms with E-state index in [1.54, 1.807) is 24.3 Å². The summed E-state index contributed by atoms with van der Waals surface area (Å²) in [6.07, 6.45) is 0. The Morgan fingerprint density at radius 2 is 1.86 bits per heavy atom. The van der Waals surface area contributed by atoms with Gasteiger partial charge in [-0.25, -0.2) is 0 Å². The minimum atomic E-state index is -0.961. The molecule has 21 heavy (non-hydrogen) atoms. The van der Waals surface area contributed by atoms with Crippen molar-refractivity contribution >= 4 is 22.6 Å². The van der Waals surface area contributed by atoms with Gasteiger partial charge in [-0.15, -0.1) is 0 Å². The third kappa shape index (κ3) is 2.97. The van der Waals surface area contributed by atoms with Crippen molar-refractivity contribution in [1.29, 1.82) is 0 Å². The summed E-state index contributed by atoms with van der Waals surface area (Å²) in [6.45, 7) is 1.62. The number of phenolic OH excluding ortho intramolecular Hbond substituents is 1. The van der Waals surface area contributed by atoms with Gasteiger partial charge in [-0.1, -0.05) is 37.3 Å². The van der Waals surface area contributed by atoms with Crippen LogP contribution in [0.1, 0.15) is 17.3 Å². The maximum atomic E-state index is 12.3. The summed E-state index contributed by atoms with van der Waals surface area (Å²) >= 11 is 0. The Bertz CT molecular complexity index is 696. The van der Waals surface area contributed by atoms with E-state index < -0.39 is 17.8 Å². The van der Waals surface area contributed by atoms with Crippen molar-refractivity contribution in [3.8, 4) is 5.75 Å². The van der Waals surface area contributed by atoms with Gasteiger partial charge in [0, 0.05) is 19.0 Å². The Hall–Kier alpha value is -2.56. The molecule has 5 nitrogen and oxygen atoms in total. The van der Waals surface area contributed by atoms with Crippen LogP contribution in [0, 0.1) is 5.92 Å². The zero-order valence-electron chi connectivity index (χ0n) is 11.9. The first-order valence-corrected chi connectivity index (χ1v) is 6.60. The van der Waals surface area contributed by atoms with Crippen LogP contribution < -0.4 is 0 Å². The molecule has 0 aliphatic heterocycles. The first-order chi connectivity index (χ1) is 9.91. The monoisotopic (exact) mass is 287 g/mol. The van der Waals surface area contributed by atoms with Gasteiger partial charge in [0.25, 0.3) is 5.91 Å². The molecule has 0 aliphatic rings. The second-order valence-corrected chi connectivity index (χ2v) is 5.11. The van der Waals surface area contributed by atoms with Crippen LogP contribution >= 0.6 is 0 Å². The van der Waals surface area contributed by atoms with E-state index in [9.17, 15) is 14.7 Å². The summed E-state index contributed by atoms with van der Waals surface area (Å²) in [7, 11) is 1.52. The molecule has 0 saturated carbocycles. The van der Waals surface area contributed by atoms with E-state index in [0.29, 0.717) is 5.39 Å². The number of carbonyl (C=O) groups is 2. The summed E-state index contributed by atoms with van der Waals surface area (Å²) in [5, 5.41) is 20.6. The molecule has 0 radical (unpaired) electrons. The Morgan fingerprint density at radius 3 is 2.52 bits per heavy atom. The van der Waals surface area contributed by atoms with Gasteiger partial charge in [-0.3, -0.25) is 9.59 Å². The zero-order chi connectivity index (χ0) is 15.6. The van der Waals surface area contributed by atoms with Crippen molar-refractivity contribution in [1.82, 2.24) is 4.90 Å². The number of fused-ring (bicyclic) bond motifs is 1. The smallest absolute Gasteiger partial charge is 0.308 e. The highest BCUT2D eigenvalue weighted by molar-refractivity contribution is 6.03. The first-order valence-electron chi connectivity index (χ1n) is 6.60. The highest BCUT2D eigenvalue weighted by Crippen LogP contribution is 2.29. The van der Waals surface area contributed by atoms with Crippen LogP contribution in [0.3, 0.4) is 0 Å². The molecule has 0 aliphatic carbocycles. The van der Waals surface area contributed by atoms with Crippen LogP contribution in [0.4, 0.5) is 0 Å². The Balaban J connectivity index is 2.31. The van der Waals surface area contributed by atoms with Crippen molar-refractivity contribution in [2.75, 3.05) is 13.6 Å². The molecule has 2 N–H and O–H groups in total. The van der Waals surface area contributed by atoms with E-state index in [2.05, 4.69) is 0 Å². The van der Waals surface area contributed by atoms with Crippen molar-refractivity contribution < 1.29 is 19.8 Å². The highest BCUT2D eigenvalue weighted by Gasteiger charge is 2.21. The normalized spacial score (nSPS) is 12.1. The molecule has 2 aromatic rings. The average Bonchev–Trinajstić information content (AvgIpc) is 2.47. The van der Waals surface area contributed by atoms with Crippen LogP contribution in [0.25, 0.3) is 10.8 Å². The molecular weight excluding hydrogens is 270 g/mol. The topological polar surface area (TPSA) is 77.8 Å². The van der Waals surface area contributed by atoms with E-state index in [0.717, 1.165) is 5.39 Å². The minimum absolute atomic E-state index is 0.0760. The molecular formula is C16H17NO4. The average molecular weight is 287 g/mol. The maximum Gasteiger partial charge on any atom is 0.308 e. The Kier molecular flexibility index (Phi) is 4.12. The second-order valence-electron chi connectivity index (χ2n) is 5.11. The van der Waals surface area contributed by atoms with E-state index in [1.165, 1.54) is 18.9 Å². The lowest BCUT2D eigenvalue weighted by Crippen LogP contribution is -2.33. The van der Waals surface area contributed by atoms with Gasteiger partial charge in [0.1, 0.15) is 5.75 Å². The number of nitrogens with zero attached hydrogens (tertiary/aromatic N) is 1. The number of aromatic hydroxyl groups is 1. The molecule has 0 heterocycles.